The Kier molecular flexibility index (Phi) is 6.38. The van der Waals surface area contributed by atoms with E-state index in [9.17, 15) is 18.0 Å². The second kappa shape index (κ2) is 9.33. The molecular weight excluding hydrogens is 547 g/mol. The van der Waals surface area contributed by atoms with Gasteiger partial charge in [-0.05, 0) is 47.9 Å². The molecule has 0 spiro atoms. The molecule has 180 valence electrons. The number of benzene rings is 3. The Hall–Kier alpha value is -2.81. The van der Waals surface area contributed by atoms with E-state index in [1.165, 1.54) is 18.2 Å². The number of ether oxygens (including phenoxy) is 1. The number of nitrogens with zero attached hydrogens (tertiary/aromatic N) is 1. The number of fused-ring (bicyclic) bond motifs is 3. The van der Waals surface area contributed by atoms with Gasteiger partial charge >= 0.3 is 6.18 Å². The summed E-state index contributed by atoms with van der Waals surface area (Å²) in [5.74, 6) is -0.918. The lowest BCUT2D eigenvalue weighted by molar-refractivity contribution is -0.152. The maximum absolute atomic E-state index is 14.1. The van der Waals surface area contributed by atoms with Gasteiger partial charge in [0.2, 0.25) is 11.2 Å². The minimum absolute atomic E-state index is 0.0752. The number of halogens is 5. The molecule has 1 aliphatic heterocycles. The lowest BCUT2D eigenvalue weighted by Crippen LogP contribution is -2.34. The van der Waals surface area contributed by atoms with Crippen molar-refractivity contribution in [3.05, 3.63) is 97.3 Å². The van der Waals surface area contributed by atoms with Crippen LogP contribution in [0.3, 0.4) is 0 Å². The van der Waals surface area contributed by atoms with Crippen LogP contribution in [0.25, 0.3) is 22.1 Å². The summed E-state index contributed by atoms with van der Waals surface area (Å²) < 4.78 is 54.2. The summed E-state index contributed by atoms with van der Waals surface area (Å²) in [4.78, 5) is 15.3. The van der Waals surface area contributed by atoms with Crippen LogP contribution in [0.1, 0.15) is 16.9 Å². The first-order valence-electron chi connectivity index (χ1n) is 10.8. The van der Waals surface area contributed by atoms with E-state index in [4.69, 9.17) is 20.8 Å². The van der Waals surface area contributed by atoms with Crippen LogP contribution >= 0.6 is 27.5 Å². The SMILES string of the molecule is O=c1c(-c2ccc(Br)cc2)c(C(F)(F)F)oc2c3c(ccc12)OCN(CCc1ccccc1Cl)C3. The molecule has 0 atom stereocenters. The highest BCUT2D eigenvalue weighted by Gasteiger charge is 2.40. The molecule has 0 radical (unpaired) electrons. The Morgan fingerprint density at radius 1 is 1.03 bits per heavy atom. The summed E-state index contributed by atoms with van der Waals surface area (Å²) in [5.41, 5.74) is 0.150. The van der Waals surface area contributed by atoms with Gasteiger partial charge in [0.15, 0.2) is 0 Å². The maximum Gasteiger partial charge on any atom is 0.450 e. The molecule has 0 fully saturated rings. The normalized spacial score (nSPS) is 14.1. The van der Waals surface area contributed by atoms with E-state index in [1.54, 1.807) is 18.2 Å². The molecule has 1 aromatic heterocycles. The van der Waals surface area contributed by atoms with Crippen molar-refractivity contribution in [1.29, 1.82) is 0 Å². The molecule has 2 heterocycles. The third kappa shape index (κ3) is 4.70. The van der Waals surface area contributed by atoms with E-state index in [1.807, 2.05) is 29.2 Å². The van der Waals surface area contributed by atoms with Crippen molar-refractivity contribution in [3.63, 3.8) is 0 Å². The lowest BCUT2D eigenvalue weighted by atomic mass is 10.00. The molecule has 1 aliphatic rings. The fourth-order valence-corrected chi connectivity index (χ4v) is 4.71. The molecule has 4 nitrogen and oxygen atoms in total. The van der Waals surface area contributed by atoms with Crippen molar-refractivity contribution in [2.24, 2.45) is 0 Å². The van der Waals surface area contributed by atoms with Crippen molar-refractivity contribution in [2.75, 3.05) is 13.3 Å². The summed E-state index contributed by atoms with van der Waals surface area (Å²) in [6.07, 6.45) is -4.23. The van der Waals surface area contributed by atoms with E-state index >= 15 is 0 Å². The van der Waals surface area contributed by atoms with Crippen LogP contribution < -0.4 is 10.2 Å². The standard InChI is InChI=1S/C26H18BrClF3NO3/c27-17-7-5-16(6-8-17)22-23(33)18-9-10-21-19(24(18)35-25(22)26(29,30)31)13-32(14-34-21)12-11-15-3-1-2-4-20(15)28/h1-10H,11-14H2. The molecule has 0 saturated carbocycles. The first kappa shape index (κ1) is 23.9. The van der Waals surface area contributed by atoms with Crippen molar-refractivity contribution in [3.8, 4) is 16.9 Å². The Balaban J connectivity index is 1.57. The average molecular weight is 565 g/mol. The van der Waals surface area contributed by atoms with Crippen LogP contribution in [0.5, 0.6) is 5.75 Å². The van der Waals surface area contributed by atoms with Crippen LogP contribution in [-0.2, 0) is 19.1 Å². The predicted octanol–water partition coefficient (Wildman–Crippen LogP) is 7.29. The third-order valence-corrected chi connectivity index (χ3v) is 6.85. The van der Waals surface area contributed by atoms with Crippen molar-refractivity contribution in [2.45, 2.75) is 19.1 Å². The van der Waals surface area contributed by atoms with Gasteiger partial charge in [-0.15, -0.1) is 0 Å². The molecule has 0 N–H and O–H groups in total. The van der Waals surface area contributed by atoms with E-state index < -0.39 is 22.9 Å². The number of hydrogen-bond acceptors (Lipinski definition) is 4. The molecule has 0 amide bonds. The number of rotatable bonds is 4. The molecule has 0 saturated heterocycles. The van der Waals surface area contributed by atoms with Crippen molar-refractivity contribution >= 4 is 38.5 Å². The van der Waals surface area contributed by atoms with E-state index in [0.717, 1.165) is 5.56 Å². The predicted molar refractivity (Wildman–Crippen MR) is 132 cm³/mol. The van der Waals surface area contributed by atoms with Gasteiger partial charge in [0, 0.05) is 22.6 Å². The fourth-order valence-electron chi connectivity index (χ4n) is 4.21. The Labute approximate surface area is 212 Å². The number of hydrogen-bond donors (Lipinski definition) is 0. The summed E-state index contributed by atoms with van der Waals surface area (Å²) >= 11 is 9.51. The van der Waals surface area contributed by atoms with E-state index in [-0.39, 0.29) is 29.8 Å². The zero-order valence-electron chi connectivity index (χ0n) is 18.2. The van der Waals surface area contributed by atoms with Gasteiger partial charge in [0.05, 0.1) is 16.5 Å². The molecule has 4 aromatic rings. The van der Waals surface area contributed by atoms with Crippen LogP contribution in [0.4, 0.5) is 13.2 Å². The first-order chi connectivity index (χ1) is 16.7. The highest BCUT2D eigenvalue weighted by atomic mass is 79.9. The zero-order chi connectivity index (χ0) is 24.7. The molecule has 0 unspecified atom stereocenters. The van der Waals surface area contributed by atoms with E-state index in [2.05, 4.69) is 15.9 Å². The van der Waals surface area contributed by atoms with Gasteiger partial charge in [-0.25, -0.2) is 0 Å². The summed E-state index contributed by atoms with van der Waals surface area (Å²) in [5, 5.41) is 0.726. The van der Waals surface area contributed by atoms with Crippen molar-refractivity contribution in [1.82, 2.24) is 4.90 Å². The van der Waals surface area contributed by atoms with Gasteiger partial charge in [-0.3, -0.25) is 9.69 Å². The highest BCUT2D eigenvalue weighted by Crippen LogP contribution is 2.40. The highest BCUT2D eigenvalue weighted by molar-refractivity contribution is 9.10. The Bertz CT molecular complexity index is 1470. The largest absolute Gasteiger partial charge is 0.478 e. The molecule has 5 rings (SSSR count). The van der Waals surface area contributed by atoms with Crippen LogP contribution in [0.2, 0.25) is 5.02 Å². The molecule has 0 aliphatic carbocycles. The van der Waals surface area contributed by atoms with Crippen LogP contribution in [-0.4, -0.2) is 18.2 Å². The average Bonchev–Trinajstić information content (AvgIpc) is 2.83. The summed E-state index contributed by atoms with van der Waals surface area (Å²) in [6.45, 7) is 1.10. The molecular formula is C26H18BrClF3NO3. The van der Waals surface area contributed by atoms with Crippen LogP contribution in [0.15, 0.2) is 74.3 Å². The van der Waals surface area contributed by atoms with Gasteiger partial charge in [0.25, 0.3) is 0 Å². The number of alkyl halides is 3. The summed E-state index contributed by atoms with van der Waals surface area (Å²) in [7, 11) is 0. The maximum atomic E-state index is 14.1. The van der Waals surface area contributed by atoms with Gasteiger partial charge in [-0.1, -0.05) is 57.9 Å². The fraction of sp³-hybridized carbons (Fsp3) is 0.192. The minimum atomic E-state index is -4.86. The summed E-state index contributed by atoms with van der Waals surface area (Å²) in [6, 6.07) is 16.6. The first-order valence-corrected chi connectivity index (χ1v) is 11.9. The van der Waals surface area contributed by atoms with Crippen molar-refractivity contribution < 1.29 is 22.3 Å². The van der Waals surface area contributed by atoms with Crippen LogP contribution in [0, 0.1) is 0 Å². The quantitative estimate of drug-likeness (QED) is 0.261. The molecule has 35 heavy (non-hydrogen) atoms. The second-order valence-electron chi connectivity index (χ2n) is 8.23. The van der Waals surface area contributed by atoms with Gasteiger partial charge in [-0.2, -0.15) is 13.2 Å². The lowest BCUT2D eigenvalue weighted by Gasteiger charge is -2.29. The van der Waals surface area contributed by atoms with E-state index in [0.29, 0.717) is 33.8 Å². The van der Waals surface area contributed by atoms with Gasteiger partial charge < -0.3 is 9.15 Å². The minimum Gasteiger partial charge on any atom is -0.478 e. The topological polar surface area (TPSA) is 42.7 Å². The molecule has 3 aromatic carbocycles. The Morgan fingerprint density at radius 2 is 1.77 bits per heavy atom. The zero-order valence-corrected chi connectivity index (χ0v) is 20.5. The molecule has 0 bridgehead atoms. The Morgan fingerprint density at radius 3 is 2.49 bits per heavy atom. The monoisotopic (exact) mass is 563 g/mol. The molecule has 9 heteroatoms. The second-order valence-corrected chi connectivity index (χ2v) is 9.55. The third-order valence-electron chi connectivity index (χ3n) is 5.95. The smallest absolute Gasteiger partial charge is 0.450 e. The van der Waals surface area contributed by atoms with Gasteiger partial charge in [0.1, 0.15) is 18.1 Å².